The molecule has 1 unspecified atom stereocenters. The van der Waals surface area contributed by atoms with Crippen molar-refractivity contribution < 1.29 is 23.9 Å². The predicted molar refractivity (Wildman–Crippen MR) is 112 cm³/mol. The van der Waals surface area contributed by atoms with E-state index in [9.17, 15) is 19.2 Å². The summed E-state index contributed by atoms with van der Waals surface area (Å²) in [6.07, 6.45) is 8.59. The van der Waals surface area contributed by atoms with E-state index in [4.69, 9.17) is 4.74 Å². The number of likely N-dealkylation sites (N-methyl/N-ethyl adjacent to an activating group) is 2. The van der Waals surface area contributed by atoms with Gasteiger partial charge in [0.25, 0.3) is 0 Å². The zero-order valence-corrected chi connectivity index (χ0v) is 18.3. The fourth-order valence-electron chi connectivity index (χ4n) is 4.49. The molecule has 0 radical (unpaired) electrons. The highest BCUT2D eigenvalue weighted by molar-refractivity contribution is 5.93. The van der Waals surface area contributed by atoms with Gasteiger partial charge in [0.05, 0.1) is 6.42 Å². The molecule has 0 aromatic heterocycles. The molecule has 0 aromatic rings. The summed E-state index contributed by atoms with van der Waals surface area (Å²) in [5.41, 5.74) is 0. The Morgan fingerprint density at radius 2 is 1.73 bits per heavy atom. The van der Waals surface area contributed by atoms with Gasteiger partial charge in [0.15, 0.2) is 0 Å². The van der Waals surface area contributed by atoms with Gasteiger partial charge in [-0.3, -0.25) is 19.2 Å². The standard InChI is InChI=1S/C22H35N3O5/c1-4-14-30-19(27)15-18(21(28)25-12-8-5-9-13-25)24(3)22(29)20(23(2)16-26)17-10-6-7-11-17/h4,16-18,20H,1,5-15H2,2-3H3/t18-,20?/m0/s1. The highest BCUT2D eigenvalue weighted by Gasteiger charge is 2.40. The second kappa shape index (κ2) is 11.7. The summed E-state index contributed by atoms with van der Waals surface area (Å²) in [6.45, 7) is 4.83. The van der Waals surface area contributed by atoms with Gasteiger partial charge >= 0.3 is 5.97 Å². The van der Waals surface area contributed by atoms with Crippen molar-refractivity contribution in [2.45, 2.75) is 63.5 Å². The van der Waals surface area contributed by atoms with E-state index < -0.39 is 18.1 Å². The minimum Gasteiger partial charge on any atom is -0.461 e. The van der Waals surface area contributed by atoms with E-state index in [1.807, 2.05) is 0 Å². The number of ether oxygens (including phenoxy) is 1. The third kappa shape index (κ3) is 6.06. The Bertz CT molecular complexity index is 626. The number of carbonyl (C=O) groups excluding carboxylic acids is 4. The van der Waals surface area contributed by atoms with Crippen molar-refractivity contribution in [3.63, 3.8) is 0 Å². The van der Waals surface area contributed by atoms with E-state index in [1.165, 1.54) is 15.9 Å². The highest BCUT2D eigenvalue weighted by Crippen LogP contribution is 2.31. The monoisotopic (exact) mass is 421 g/mol. The third-order valence-corrected chi connectivity index (χ3v) is 6.19. The number of amides is 3. The van der Waals surface area contributed by atoms with Crippen LogP contribution in [0.15, 0.2) is 12.7 Å². The topological polar surface area (TPSA) is 87.2 Å². The lowest BCUT2D eigenvalue weighted by atomic mass is 9.95. The first kappa shape index (κ1) is 23.9. The maximum atomic E-state index is 13.4. The van der Waals surface area contributed by atoms with Crippen LogP contribution < -0.4 is 0 Å². The minimum atomic E-state index is -0.947. The molecule has 8 nitrogen and oxygen atoms in total. The Morgan fingerprint density at radius 3 is 2.30 bits per heavy atom. The average molecular weight is 422 g/mol. The molecule has 2 fully saturated rings. The summed E-state index contributed by atoms with van der Waals surface area (Å²) in [7, 11) is 3.15. The molecule has 2 atom stereocenters. The van der Waals surface area contributed by atoms with Gasteiger partial charge in [-0.2, -0.15) is 0 Å². The van der Waals surface area contributed by atoms with Gasteiger partial charge in [0.2, 0.25) is 18.2 Å². The minimum absolute atomic E-state index is 0.0553. The molecule has 2 aliphatic rings. The van der Waals surface area contributed by atoms with Crippen molar-refractivity contribution in [2.75, 3.05) is 33.8 Å². The molecule has 8 heteroatoms. The molecule has 1 aliphatic heterocycles. The quantitative estimate of drug-likeness (QED) is 0.304. The van der Waals surface area contributed by atoms with Gasteiger partial charge in [0, 0.05) is 27.2 Å². The molecule has 1 heterocycles. The van der Waals surface area contributed by atoms with Crippen LogP contribution in [-0.4, -0.2) is 84.8 Å². The number of hydrogen-bond donors (Lipinski definition) is 0. The fourth-order valence-corrected chi connectivity index (χ4v) is 4.49. The Hall–Kier alpha value is -2.38. The molecular weight excluding hydrogens is 386 g/mol. The second-order valence-electron chi connectivity index (χ2n) is 8.29. The van der Waals surface area contributed by atoms with Gasteiger partial charge < -0.3 is 19.4 Å². The van der Waals surface area contributed by atoms with E-state index in [2.05, 4.69) is 6.58 Å². The van der Waals surface area contributed by atoms with E-state index >= 15 is 0 Å². The lowest BCUT2D eigenvalue weighted by Gasteiger charge is -2.38. The predicted octanol–water partition coefficient (Wildman–Crippen LogP) is 1.59. The van der Waals surface area contributed by atoms with Crippen molar-refractivity contribution in [3.8, 4) is 0 Å². The van der Waals surface area contributed by atoms with E-state index in [1.54, 1.807) is 19.0 Å². The molecule has 0 N–H and O–H groups in total. The van der Waals surface area contributed by atoms with Crippen LogP contribution in [0.25, 0.3) is 0 Å². The van der Waals surface area contributed by atoms with Gasteiger partial charge in [-0.25, -0.2) is 0 Å². The highest BCUT2D eigenvalue weighted by atomic mass is 16.5. The largest absolute Gasteiger partial charge is 0.461 e. The number of carbonyl (C=O) groups is 4. The summed E-state index contributed by atoms with van der Waals surface area (Å²) in [5.74, 6) is -1.02. The second-order valence-corrected chi connectivity index (χ2v) is 8.29. The Kier molecular flexibility index (Phi) is 9.33. The summed E-state index contributed by atoms with van der Waals surface area (Å²) in [5, 5.41) is 0. The summed E-state index contributed by atoms with van der Waals surface area (Å²) in [4.78, 5) is 55.0. The molecule has 1 saturated heterocycles. The van der Waals surface area contributed by atoms with Gasteiger partial charge in [-0.1, -0.05) is 25.5 Å². The van der Waals surface area contributed by atoms with Crippen molar-refractivity contribution in [1.29, 1.82) is 0 Å². The van der Waals surface area contributed by atoms with Crippen molar-refractivity contribution in [2.24, 2.45) is 5.92 Å². The number of esters is 1. The molecular formula is C22H35N3O5. The SMILES string of the molecule is C=CCOC(=O)C[C@@H](C(=O)N1CCCCC1)N(C)C(=O)C(C1CCCC1)N(C)C=O. The third-order valence-electron chi connectivity index (χ3n) is 6.19. The molecule has 3 amide bonds. The van der Waals surface area contributed by atoms with Crippen LogP contribution in [0, 0.1) is 5.92 Å². The molecule has 30 heavy (non-hydrogen) atoms. The lowest BCUT2D eigenvalue weighted by molar-refractivity contribution is -0.155. The summed E-state index contributed by atoms with van der Waals surface area (Å²) in [6, 6.07) is -1.58. The van der Waals surface area contributed by atoms with Crippen LogP contribution in [0.2, 0.25) is 0 Å². The fraction of sp³-hybridized carbons (Fsp3) is 0.727. The van der Waals surface area contributed by atoms with Crippen LogP contribution in [-0.2, 0) is 23.9 Å². The van der Waals surface area contributed by atoms with Crippen LogP contribution >= 0.6 is 0 Å². The summed E-state index contributed by atoms with van der Waals surface area (Å²) < 4.78 is 5.09. The van der Waals surface area contributed by atoms with Crippen molar-refractivity contribution >= 4 is 24.2 Å². The van der Waals surface area contributed by atoms with Gasteiger partial charge in [-0.05, 0) is 38.0 Å². The van der Waals surface area contributed by atoms with Crippen molar-refractivity contribution in [3.05, 3.63) is 12.7 Å². The van der Waals surface area contributed by atoms with Gasteiger partial charge in [-0.15, -0.1) is 0 Å². The van der Waals surface area contributed by atoms with E-state index in [0.717, 1.165) is 44.9 Å². The van der Waals surface area contributed by atoms with Crippen LogP contribution in [0.4, 0.5) is 0 Å². The number of hydrogen-bond acceptors (Lipinski definition) is 5. The Balaban J connectivity index is 2.23. The number of rotatable bonds is 10. The first-order valence-corrected chi connectivity index (χ1v) is 10.9. The first-order valence-electron chi connectivity index (χ1n) is 10.9. The molecule has 0 spiro atoms. The number of piperidine rings is 1. The Labute approximate surface area is 179 Å². The van der Waals surface area contributed by atoms with Gasteiger partial charge in [0.1, 0.15) is 18.7 Å². The maximum Gasteiger partial charge on any atom is 0.308 e. The molecule has 1 saturated carbocycles. The number of likely N-dealkylation sites (tertiary alicyclic amines) is 1. The Morgan fingerprint density at radius 1 is 1.10 bits per heavy atom. The van der Waals surface area contributed by atoms with Crippen LogP contribution in [0.3, 0.4) is 0 Å². The van der Waals surface area contributed by atoms with Crippen LogP contribution in [0.5, 0.6) is 0 Å². The summed E-state index contributed by atoms with van der Waals surface area (Å²) >= 11 is 0. The first-order chi connectivity index (χ1) is 14.4. The molecule has 1 aliphatic carbocycles. The molecule has 0 bridgehead atoms. The number of nitrogens with zero attached hydrogens (tertiary/aromatic N) is 3. The van der Waals surface area contributed by atoms with Crippen LogP contribution in [0.1, 0.15) is 51.4 Å². The zero-order chi connectivity index (χ0) is 22.1. The zero-order valence-electron chi connectivity index (χ0n) is 18.3. The van der Waals surface area contributed by atoms with E-state index in [0.29, 0.717) is 19.5 Å². The normalized spacial score (nSPS) is 18.9. The molecule has 2 rings (SSSR count). The molecule has 168 valence electrons. The molecule has 0 aromatic carbocycles. The lowest BCUT2D eigenvalue weighted by Crippen LogP contribution is -2.57. The maximum absolute atomic E-state index is 13.4. The van der Waals surface area contributed by atoms with E-state index in [-0.39, 0.29) is 30.8 Å². The average Bonchev–Trinajstić information content (AvgIpc) is 3.29. The van der Waals surface area contributed by atoms with Crippen molar-refractivity contribution in [1.82, 2.24) is 14.7 Å². The smallest absolute Gasteiger partial charge is 0.308 e.